The number of ether oxygens (including phenoxy) is 1. The number of carbonyl (C=O) groups is 3. The molecule has 33 heavy (non-hydrogen) atoms. The highest BCUT2D eigenvalue weighted by atomic mass is 16.5. The number of rotatable bonds is 10. The zero-order valence-corrected chi connectivity index (χ0v) is 18.8. The molecule has 1 fully saturated rings. The Bertz CT molecular complexity index is 987. The van der Waals surface area contributed by atoms with Crippen LogP contribution in [0.1, 0.15) is 56.1 Å². The van der Waals surface area contributed by atoms with Crippen molar-refractivity contribution in [2.45, 2.75) is 57.0 Å². The van der Waals surface area contributed by atoms with Crippen molar-refractivity contribution in [2.75, 3.05) is 13.2 Å². The van der Waals surface area contributed by atoms with Gasteiger partial charge < -0.3 is 20.1 Å². The molecular formula is C26H30N2O5. The van der Waals surface area contributed by atoms with Crippen LogP contribution in [0.4, 0.5) is 4.79 Å². The molecule has 2 aromatic carbocycles. The molecule has 2 aliphatic carbocycles. The van der Waals surface area contributed by atoms with Crippen molar-refractivity contribution in [3.63, 3.8) is 0 Å². The van der Waals surface area contributed by atoms with Crippen molar-refractivity contribution in [2.24, 2.45) is 0 Å². The summed E-state index contributed by atoms with van der Waals surface area (Å²) in [7, 11) is 0. The summed E-state index contributed by atoms with van der Waals surface area (Å²) < 4.78 is 5.60. The van der Waals surface area contributed by atoms with E-state index >= 15 is 0 Å². The lowest BCUT2D eigenvalue weighted by molar-refractivity contribution is -0.145. The van der Waals surface area contributed by atoms with Gasteiger partial charge in [-0.15, -0.1) is 0 Å². The molecular weight excluding hydrogens is 420 g/mol. The molecule has 174 valence electrons. The Morgan fingerprint density at radius 2 is 1.67 bits per heavy atom. The number of carbonyl (C=O) groups excluding carboxylic acids is 2. The molecule has 0 heterocycles. The van der Waals surface area contributed by atoms with Crippen LogP contribution in [0.2, 0.25) is 0 Å². The van der Waals surface area contributed by atoms with Crippen LogP contribution in [-0.2, 0) is 14.3 Å². The van der Waals surface area contributed by atoms with Crippen molar-refractivity contribution in [3.8, 4) is 11.1 Å². The number of alkyl carbamates (subject to hydrolysis) is 1. The van der Waals surface area contributed by atoms with E-state index in [0.29, 0.717) is 12.8 Å². The highest BCUT2D eigenvalue weighted by Gasteiger charge is 2.34. The first-order valence-corrected chi connectivity index (χ1v) is 11.6. The van der Waals surface area contributed by atoms with Gasteiger partial charge in [-0.2, -0.15) is 0 Å². The molecule has 7 nitrogen and oxygen atoms in total. The highest BCUT2D eigenvalue weighted by Crippen LogP contribution is 2.44. The summed E-state index contributed by atoms with van der Waals surface area (Å²) in [6.07, 6.45) is 2.51. The monoisotopic (exact) mass is 450 g/mol. The van der Waals surface area contributed by atoms with E-state index < -0.39 is 12.1 Å². The van der Waals surface area contributed by atoms with Crippen molar-refractivity contribution in [3.05, 3.63) is 59.7 Å². The second kappa shape index (κ2) is 10.1. The van der Waals surface area contributed by atoms with E-state index in [-0.39, 0.29) is 43.5 Å². The quantitative estimate of drug-likeness (QED) is 0.567. The van der Waals surface area contributed by atoms with Gasteiger partial charge >= 0.3 is 12.1 Å². The summed E-state index contributed by atoms with van der Waals surface area (Å²) in [6.45, 7) is 1.91. The van der Waals surface area contributed by atoms with Crippen molar-refractivity contribution >= 4 is 18.0 Å². The minimum Gasteiger partial charge on any atom is -0.480 e. The van der Waals surface area contributed by atoms with E-state index in [1.807, 2.05) is 31.2 Å². The zero-order chi connectivity index (χ0) is 23.4. The van der Waals surface area contributed by atoms with Gasteiger partial charge in [0.15, 0.2) is 0 Å². The molecule has 1 saturated carbocycles. The Kier molecular flexibility index (Phi) is 6.96. The Labute approximate surface area is 193 Å². The van der Waals surface area contributed by atoms with Gasteiger partial charge in [0.2, 0.25) is 5.91 Å². The number of nitrogens with zero attached hydrogens (tertiary/aromatic N) is 1. The topological polar surface area (TPSA) is 95.9 Å². The van der Waals surface area contributed by atoms with Gasteiger partial charge in [0.1, 0.15) is 13.2 Å². The minimum absolute atomic E-state index is 0.00655. The van der Waals surface area contributed by atoms with E-state index in [0.717, 1.165) is 24.0 Å². The summed E-state index contributed by atoms with van der Waals surface area (Å²) in [4.78, 5) is 37.5. The van der Waals surface area contributed by atoms with Gasteiger partial charge in [-0.1, -0.05) is 55.5 Å². The number of hydrogen-bond donors (Lipinski definition) is 2. The lowest BCUT2D eigenvalue weighted by Crippen LogP contribution is -2.40. The fraction of sp³-hybridized carbons (Fsp3) is 0.423. The Morgan fingerprint density at radius 3 is 2.21 bits per heavy atom. The molecule has 2 amide bonds. The first-order chi connectivity index (χ1) is 16.0. The smallest absolute Gasteiger partial charge is 0.407 e. The first-order valence-electron chi connectivity index (χ1n) is 11.6. The fourth-order valence-corrected chi connectivity index (χ4v) is 4.58. The van der Waals surface area contributed by atoms with Crippen LogP contribution in [0.15, 0.2) is 48.5 Å². The van der Waals surface area contributed by atoms with Crippen LogP contribution in [0.25, 0.3) is 11.1 Å². The SMILES string of the molecule is CCC(CCC(=O)N(CC(=O)O)C1CC1)NC(=O)OCC1c2ccccc2-c2ccccc21. The van der Waals surface area contributed by atoms with Gasteiger partial charge in [0.25, 0.3) is 0 Å². The van der Waals surface area contributed by atoms with Crippen LogP contribution in [0, 0.1) is 0 Å². The molecule has 1 atom stereocenters. The zero-order valence-electron chi connectivity index (χ0n) is 18.8. The maximum Gasteiger partial charge on any atom is 0.407 e. The van der Waals surface area contributed by atoms with E-state index in [2.05, 4.69) is 29.6 Å². The number of carboxylic acid groups (broad SMARTS) is 1. The average Bonchev–Trinajstić information content (AvgIpc) is 3.61. The van der Waals surface area contributed by atoms with E-state index in [4.69, 9.17) is 9.84 Å². The number of hydrogen-bond acceptors (Lipinski definition) is 4. The van der Waals surface area contributed by atoms with Crippen molar-refractivity contribution in [1.29, 1.82) is 0 Å². The van der Waals surface area contributed by atoms with Crippen LogP contribution in [0.3, 0.4) is 0 Å². The minimum atomic E-state index is -1.00. The Hall–Kier alpha value is -3.35. The molecule has 2 N–H and O–H groups in total. The van der Waals surface area contributed by atoms with E-state index in [1.54, 1.807) is 0 Å². The summed E-state index contributed by atoms with van der Waals surface area (Å²) in [6, 6.07) is 16.2. The summed E-state index contributed by atoms with van der Waals surface area (Å²) in [5, 5.41) is 11.9. The standard InChI is InChI=1S/C26H30N2O5/c1-2-17(11-14-24(29)28(15-25(30)31)18-12-13-18)27-26(32)33-16-23-21-9-5-3-7-19(21)20-8-4-6-10-22(20)23/h3-10,17-18,23H,2,11-16H2,1H3,(H,27,32)(H,30,31). The molecule has 7 heteroatoms. The summed E-state index contributed by atoms with van der Waals surface area (Å²) in [5.74, 6) is -1.18. The molecule has 0 radical (unpaired) electrons. The molecule has 4 rings (SSSR count). The maximum atomic E-state index is 12.5. The first kappa shape index (κ1) is 22.8. The largest absolute Gasteiger partial charge is 0.480 e. The molecule has 0 aromatic heterocycles. The van der Waals surface area contributed by atoms with Gasteiger partial charge in [0, 0.05) is 24.4 Å². The number of benzene rings is 2. The number of fused-ring (bicyclic) bond motifs is 3. The third-order valence-electron chi connectivity index (χ3n) is 6.48. The predicted molar refractivity (Wildman–Crippen MR) is 124 cm³/mol. The molecule has 1 unspecified atom stereocenters. The number of aliphatic carboxylic acids is 1. The number of amides is 2. The van der Waals surface area contributed by atoms with Crippen LogP contribution in [-0.4, -0.2) is 53.2 Å². The number of nitrogens with one attached hydrogen (secondary N) is 1. The molecule has 0 aliphatic heterocycles. The number of carboxylic acids is 1. The molecule has 0 spiro atoms. The van der Waals surface area contributed by atoms with E-state index in [9.17, 15) is 14.4 Å². The highest BCUT2D eigenvalue weighted by molar-refractivity contribution is 5.82. The van der Waals surface area contributed by atoms with Crippen LogP contribution < -0.4 is 5.32 Å². The maximum absolute atomic E-state index is 12.5. The molecule has 0 bridgehead atoms. The Balaban J connectivity index is 1.30. The molecule has 2 aliphatic rings. The fourth-order valence-electron chi connectivity index (χ4n) is 4.58. The van der Waals surface area contributed by atoms with Crippen LogP contribution >= 0.6 is 0 Å². The Morgan fingerprint density at radius 1 is 1.06 bits per heavy atom. The van der Waals surface area contributed by atoms with Gasteiger partial charge in [-0.3, -0.25) is 9.59 Å². The summed E-state index contributed by atoms with van der Waals surface area (Å²) in [5.41, 5.74) is 4.66. The average molecular weight is 451 g/mol. The van der Waals surface area contributed by atoms with Crippen LogP contribution in [0.5, 0.6) is 0 Å². The lowest BCUT2D eigenvalue weighted by Gasteiger charge is -2.22. The van der Waals surface area contributed by atoms with Gasteiger partial charge in [-0.05, 0) is 47.9 Å². The summed E-state index contributed by atoms with van der Waals surface area (Å²) >= 11 is 0. The molecule has 0 saturated heterocycles. The second-order valence-corrected chi connectivity index (χ2v) is 8.76. The third kappa shape index (κ3) is 5.35. The normalized spacial score (nSPS) is 15.3. The predicted octanol–water partition coefficient (Wildman–Crippen LogP) is 4.16. The third-order valence-corrected chi connectivity index (χ3v) is 6.48. The van der Waals surface area contributed by atoms with Gasteiger partial charge in [-0.25, -0.2) is 4.79 Å². The van der Waals surface area contributed by atoms with Crippen molar-refractivity contribution in [1.82, 2.24) is 10.2 Å². The lowest BCUT2D eigenvalue weighted by atomic mass is 9.98. The van der Waals surface area contributed by atoms with E-state index in [1.165, 1.54) is 16.0 Å². The van der Waals surface area contributed by atoms with Crippen molar-refractivity contribution < 1.29 is 24.2 Å². The van der Waals surface area contributed by atoms with Gasteiger partial charge in [0.05, 0.1) is 0 Å². The second-order valence-electron chi connectivity index (χ2n) is 8.76. The molecule has 2 aromatic rings.